The number of hydrazone groups is 1. The Morgan fingerprint density at radius 3 is 2.16 bits per heavy atom. The van der Waals surface area contributed by atoms with Gasteiger partial charge in [-0.1, -0.05) is 22.0 Å². The average molecular weight is 642 g/mol. The van der Waals surface area contributed by atoms with Gasteiger partial charge in [0.1, 0.15) is 5.75 Å². The molecule has 38 heavy (non-hydrogen) atoms. The van der Waals surface area contributed by atoms with E-state index >= 15 is 0 Å². The number of ether oxygens (including phenoxy) is 1. The third kappa shape index (κ3) is 6.81. The van der Waals surface area contributed by atoms with Gasteiger partial charge in [-0.15, -0.1) is 0 Å². The molecule has 3 N–H and O–H groups in total. The highest BCUT2D eigenvalue weighted by atomic mass is 79.9. The van der Waals surface area contributed by atoms with Crippen LogP contribution >= 0.6 is 31.9 Å². The van der Waals surface area contributed by atoms with Crippen molar-refractivity contribution in [1.29, 1.82) is 0 Å². The van der Waals surface area contributed by atoms with Crippen molar-refractivity contribution < 1.29 is 9.66 Å². The Morgan fingerprint density at radius 2 is 1.53 bits per heavy atom. The minimum Gasteiger partial charge on any atom is -0.495 e. The van der Waals surface area contributed by atoms with Crippen LogP contribution in [-0.4, -0.2) is 33.2 Å². The molecule has 11 nitrogen and oxygen atoms in total. The Balaban J connectivity index is 1.63. The lowest BCUT2D eigenvalue weighted by molar-refractivity contribution is -0.384. The molecule has 0 saturated carbocycles. The van der Waals surface area contributed by atoms with Crippen molar-refractivity contribution in [2.45, 2.75) is 13.8 Å². The highest BCUT2D eigenvalue weighted by Crippen LogP contribution is 2.31. The van der Waals surface area contributed by atoms with E-state index in [1.54, 1.807) is 25.5 Å². The number of hydrogen-bond donors (Lipinski definition) is 3. The van der Waals surface area contributed by atoms with Crippen LogP contribution in [0.3, 0.4) is 0 Å². The quantitative estimate of drug-likeness (QED) is 0.101. The number of nitro groups is 1. The first kappa shape index (κ1) is 26.9. The number of benzene rings is 3. The van der Waals surface area contributed by atoms with Gasteiger partial charge in [-0.25, -0.2) is 5.43 Å². The molecule has 0 atom stereocenters. The predicted octanol–water partition coefficient (Wildman–Crippen LogP) is 6.86. The number of rotatable bonds is 9. The third-order valence-electron chi connectivity index (χ3n) is 5.34. The van der Waals surface area contributed by atoms with E-state index in [0.717, 1.165) is 25.8 Å². The Hall–Kier alpha value is -4.10. The van der Waals surface area contributed by atoms with Crippen molar-refractivity contribution in [3.8, 4) is 5.75 Å². The van der Waals surface area contributed by atoms with E-state index in [9.17, 15) is 10.1 Å². The number of aryl methyl sites for hydroxylation is 2. The second-order valence-corrected chi connectivity index (χ2v) is 9.81. The van der Waals surface area contributed by atoms with Crippen molar-refractivity contribution in [3.63, 3.8) is 0 Å². The SMILES string of the molecule is COc1c(Br)cc(Br)cc1/C=N\Nc1nc(Nc2ccc([N+](=O)[O-])cc2)nc(Nc2ccc(C)c(C)c2)n1. The third-order valence-corrected chi connectivity index (χ3v) is 6.39. The van der Waals surface area contributed by atoms with Gasteiger partial charge in [-0.05, 0) is 77.3 Å². The molecule has 0 spiro atoms. The molecular formula is C25H22Br2N8O3. The number of anilines is 5. The number of nitro benzene ring substituents is 1. The molecule has 4 aromatic rings. The summed E-state index contributed by atoms with van der Waals surface area (Å²) in [4.78, 5) is 23.8. The molecule has 3 aromatic carbocycles. The summed E-state index contributed by atoms with van der Waals surface area (Å²) in [5, 5.41) is 21.5. The smallest absolute Gasteiger partial charge is 0.269 e. The van der Waals surface area contributed by atoms with Crippen LogP contribution in [0.2, 0.25) is 0 Å². The van der Waals surface area contributed by atoms with Crippen molar-refractivity contribution in [2.75, 3.05) is 23.2 Å². The van der Waals surface area contributed by atoms with Gasteiger partial charge in [-0.2, -0.15) is 20.1 Å². The number of hydrogen-bond acceptors (Lipinski definition) is 10. The molecule has 0 aliphatic carbocycles. The van der Waals surface area contributed by atoms with Crippen molar-refractivity contribution in [3.05, 3.63) is 90.3 Å². The maximum absolute atomic E-state index is 11.0. The lowest BCUT2D eigenvalue weighted by atomic mass is 10.1. The number of nitrogens with one attached hydrogen (secondary N) is 3. The molecule has 0 radical (unpaired) electrons. The van der Waals surface area contributed by atoms with Gasteiger partial charge in [0.2, 0.25) is 17.8 Å². The van der Waals surface area contributed by atoms with Gasteiger partial charge in [0, 0.05) is 33.5 Å². The maximum atomic E-state index is 11.0. The lowest BCUT2D eigenvalue weighted by Crippen LogP contribution is -2.07. The van der Waals surface area contributed by atoms with E-state index in [0.29, 0.717) is 17.0 Å². The first-order valence-corrected chi connectivity index (χ1v) is 12.7. The Morgan fingerprint density at radius 1 is 0.895 bits per heavy atom. The summed E-state index contributed by atoms with van der Waals surface area (Å²) in [6, 6.07) is 15.6. The minimum absolute atomic E-state index is 0.0189. The first-order chi connectivity index (χ1) is 18.2. The van der Waals surface area contributed by atoms with Gasteiger partial charge in [0.15, 0.2) is 0 Å². The fourth-order valence-corrected chi connectivity index (χ4v) is 4.75. The maximum Gasteiger partial charge on any atom is 0.269 e. The second kappa shape index (κ2) is 12.0. The Kier molecular flexibility index (Phi) is 8.48. The summed E-state index contributed by atoms with van der Waals surface area (Å²) in [7, 11) is 1.58. The van der Waals surface area contributed by atoms with E-state index in [2.05, 4.69) is 68.0 Å². The van der Waals surface area contributed by atoms with Crippen molar-refractivity contribution in [1.82, 2.24) is 15.0 Å². The highest BCUT2D eigenvalue weighted by molar-refractivity contribution is 9.11. The van der Waals surface area contributed by atoms with Gasteiger partial charge in [-0.3, -0.25) is 10.1 Å². The zero-order valence-corrected chi connectivity index (χ0v) is 23.7. The number of methoxy groups -OCH3 is 1. The molecule has 0 amide bonds. The molecule has 194 valence electrons. The number of non-ortho nitro benzene ring substituents is 1. The fraction of sp³-hybridized carbons (Fsp3) is 0.120. The fourth-order valence-electron chi connectivity index (χ4n) is 3.33. The van der Waals surface area contributed by atoms with E-state index < -0.39 is 4.92 Å². The highest BCUT2D eigenvalue weighted by Gasteiger charge is 2.11. The largest absolute Gasteiger partial charge is 0.495 e. The normalized spacial score (nSPS) is 10.9. The van der Waals surface area contributed by atoms with Crippen LogP contribution in [0.15, 0.2) is 68.6 Å². The van der Waals surface area contributed by atoms with Crippen LogP contribution in [0.1, 0.15) is 16.7 Å². The number of halogens is 2. The second-order valence-electron chi connectivity index (χ2n) is 8.04. The summed E-state index contributed by atoms with van der Waals surface area (Å²) < 4.78 is 7.07. The van der Waals surface area contributed by atoms with Gasteiger partial charge >= 0.3 is 0 Å². The Labute approximate surface area is 235 Å². The first-order valence-electron chi connectivity index (χ1n) is 11.2. The van der Waals surface area contributed by atoms with Gasteiger partial charge in [0.05, 0.1) is 22.7 Å². The van der Waals surface area contributed by atoms with Gasteiger partial charge < -0.3 is 15.4 Å². The molecule has 0 bridgehead atoms. The molecule has 0 unspecified atom stereocenters. The zero-order valence-electron chi connectivity index (χ0n) is 20.5. The zero-order chi connectivity index (χ0) is 27.2. The molecule has 13 heteroatoms. The number of aromatic nitrogens is 3. The summed E-state index contributed by atoms with van der Waals surface area (Å²) in [5.41, 5.74) is 7.18. The summed E-state index contributed by atoms with van der Waals surface area (Å²) >= 11 is 6.94. The standard InChI is InChI=1S/C25H22Br2N8O3/c1-14-4-5-19(10-15(14)2)30-24-31-23(29-18-6-8-20(9-7-18)35(36)37)32-25(33-24)34-28-13-16-11-17(26)12-21(27)22(16)38-3/h4-13H,1-3H3,(H3,29,30,31,32,33,34)/b28-13-. The van der Waals surface area contributed by atoms with Crippen LogP contribution in [-0.2, 0) is 0 Å². The monoisotopic (exact) mass is 640 g/mol. The van der Waals surface area contributed by atoms with E-state index in [4.69, 9.17) is 4.74 Å². The minimum atomic E-state index is -0.461. The molecule has 4 rings (SSSR count). The van der Waals surface area contributed by atoms with Crippen LogP contribution < -0.4 is 20.8 Å². The lowest BCUT2D eigenvalue weighted by Gasteiger charge is -2.11. The number of nitrogens with zero attached hydrogens (tertiary/aromatic N) is 5. The van der Waals surface area contributed by atoms with Crippen LogP contribution in [0.5, 0.6) is 5.75 Å². The van der Waals surface area contributed by atoms with E-state index in [1.807, 2.05) is 44.2 Å². The molecule has 0 aliphatic heterocycles. The van der Waals surface area contributed by atoms with E-state index in [-0.39, 0.29) is 23.5 Å². The summed E-state index contributed by atoms with van der Waals surface area (Å²) in [6.07, 6.45) is 1.58. The molecule has 0 saturated heterocycles. The topological polar surface area (TPSA) is 139 Å². The van der Waals surface area contributed by atoms with Crippen LogP contribution in [0, 0.1) is 24.0 Å². The molecule has 0 aliphatic rings. The summed E-state index contributed by atoms with van der Waals surface area (Å²) in [6.45, 7) is 4.05. The molecule has 1 aromatic heterocycles. The predicted molar refractivity (Wildman–Crippen MR) is 155 cm³/mol. The van der Waals surface area contributed by atoms with E-state index in [1.165, 1.54) is 12.1 Å². The van der Waals surface area contributed by atoms with Gasteiger partial charge in [0.25, 0.3) is 5.69 Å². The van der Waals surface area contributed by atoms with Crippen LogP contribution in [0.25, 0.3) is 0 Å². The molecule has 1 heterocycles. The molecule has 0 fully saturated rings. The average Bonchev–Trinajstić information content (AvgIpc) is 2.86. The van der Waals surface area contributed by atoms with Crippen molar-refractivity contribution in [2.24, 2.45) is 5.10 Å². The van der Waals surface area contributed by atoms with Crippen molar-refractivity contribution >= 4 is 73.0 Å². The molecular weight excluding hydrogens is 620 g/mol. The van der Waals surface area contributed by atoms with Crippen LogP contribution in [0.4, 0.5) is 34.9 Å². The summed E-state index contributed by atoms with van der Waals surface area (Å²) in [5.74, 6) is 1.26. The Bertz CT molecular complexity index is 1510.